The predicted octanol–water partition coefficient (Wildman–Crippen LogP) is 1.00. The summed E-state index contributed by atoms with van der Waals surface area (Å²) in [5.41, 5.74) is 0. The zero-order valence-electron chi connectivity index (χ0n) is 9.09. The van der Waals surface area contributed by atoms with E-state index in [2.05, 4.69) is 0 Å². The van der Waals surface area contributed by atoms with Crippen molar-refractivity contribution in [3.05, 3.63) is 0 Å². The van der Waals surface area contributed by atoms with E-state index in [9.17, 15) is 19.2 Å². The average molecular weight is 262 g/mol. The van der Waals surface area contributed by atoms with Gasteiger partial charge in [-0.25, -0.2) is 0 Å². The Labute approximate surface area is 95.0 Å². The van der Waals surface area contributed by atoms with Crippen molar-refractivity contribution in [3.63, 3.8) is 0 Å². The summed E-state index contributed by atoms with van der Waals surface area (Å²) in [5, 5.41) is 0. The first-order valence-electron chi connectivity index (χ1n) is 4.32. The third-order valence-electron chi connectivity index (χ3n) is 1.50. The maximum absolute atomic E-state index is 11.1. The van der Waals surface area contributed by atoms with Gasteiger partial charge in [0, 0.05) is 0 Å². The second kappa shape index (κ2) is 5.93. The predicted molar refractivity (Wildman–Crippen MR) is 50.2 cm³/mol. The molecule has 15 heavy (non-hydrogen) atoms. The van der Waals surface area contributed by atoms with Crippen LogP contribution in [0.25, 0.3) is 0 Å². The molecule has 4 nitrogen and oxygen atoms in total. The molecule has 0 rings (SSSR count). The maximum atomic E-state index is 11.1. The van der Waals surface area contributed by atoms with Crippen molar-refractivity contribution in [1.82, 2.24) is 0 Å². The molecule has 0 aliphatic rings. The van der Waals surface area contributed by atoms with Gasteiger partial charge in [0.2, 0.25) is 0 Å². The van der Waals surface area contributed by atoms with Crippen LogP contribution in [0.2, 0.25) is 9.63 Å². The topological polar surface area (TPSA) is 68.3 Å². The second-order valence-electron chi connectivity index (χ2n) is 3.18. The van der Waals surface area contributed by atoms with E-state index in [0.29, 0.717) is 0 Å². The molecule has 0 spiro atoms. The van der Waals surface area contributed by atoms with Gasteiger partial charge < -0.3 is 0 Å². The normalized spacial score (nSPS) is 10.8. The molecule has 0 aliphatic carbocycles. The molecule has 0 heterocycles. The van der Waals surface area contributed by atoms with Crippen LogP contribution >= 0.6 is 0 Å². The van der Waals surface area contributed by atoms with Crippen LogP contribution in [0, 0.1) is 0 Å². The SMILES string of the molecule is CC(=O)[CH]([Cu][CH](C(C)=O)C(C)=O)C(C)=O. The Morgan fingerprint density at radius 3 is 1.00 bits per heavy atom. The number of carbonyl (C=O) groups is 4. The van der Waals surface area contributed by atoms with Gasteiger partial charge in [-0.2, -0.15) is 0 Å². The van der Waals surface area contributed by atoms with Crippen LogP contribution in [0.5, 0.6) is 0 Å². The molecular weight excluding hydrogens is 248 g/mol. The monoisotopic (exact) mass is 261 g/mol. The van der Waals surface area contributed by atoms with E-state index in [-0.39, 0.29) is 23.1 Å². The fraction of sp³-hybridized carbons (Fsp3) is 0.600. The summed E-state index contributed by atoms with van der Waals surface area (Å²) in [4.78, 5) is 42.5. The van der Waals surface area contributed by atoms with E-state index in [0.717, 1.165) is 15.0 Å². The van der Waals surface area contributed by atoms with Crippen molar-refractivity contribution < 1.29 is 34.1 Å². The fourth-order valence-electron chi connectivity index (χ4n) is 0.956. The summed E-state index contributed by atoms with van der Waals surface area (Å²) in [5.74, 6) is -1.35. The van der Waals surface area contributed by atoms with Gasteiger partial charge in [0.15, 0.2) is 0 Å². The molecule has 0 N–H and O–H groups in total. The van der Waals surface area contributed by atoms with Crippen LogP contribution in [0.15, 0.2) is 0 Å². The zero-order chi connectivity index (χ0) is 12.2. The molecule has 0 radical (unpaired) electrons. The third kappa shape index (κ3) is 4.49. The molecule has 0 aliphatic heterocycles. The van der Waals surface area contributed by atoms with E-state index < -0.39 is 9.63 Å². The fourth-order valence-corrected chi connectivity index (χ4v) is 2.15. The van der Waals surface area contributed by atoms with Crippen molar-refractivity contribution >= 4 is 23.1 Å². The first-order valence-corrected chi connectivity index (χ1v) is 5.41. The Morgan fingerprint density at radius 2 is 0.867 bits per heavy atom. The van der Waals surface area contributed by atoms with Gasteiger partial charge in [-0.15, -0.1) is 0 Å². The molecule has 0 aromatic carbocycles. The van der Waals surface area contributed by atoms with Crippen molar-refractivity contribution in [2.24, 2.45) is 0 Å². The van der Waals surface area contributed by atoms with Gasteiger partial charge in [-0.1, -0.05) is 0 Å². The van der Waals surface area contributed by atoms with Crippen LogP contribution in [0.4, 0.5) is 0 Å². The minimum absolute atomic E-state index is 0.338. The number of ketones is 4. The molecule has 89 valence electrons. The Hall–Kier alpha value is -0.801. The number of Topliss-reactive ketones (excluding diaryl/α,β-unsaturated/α-hetero) is 4. The molecule has 0 atom stereocenters. The number of hydrogen-bond donors (Lipinski definition) is 0. The summed E-state index contributed by atoms with van der Waals surface area (Å²) in [7, 11) is 0. The molecule has 0 aromatic heterocycles. The van der Waals surface area contributed by atoms with Gasteiger partial charge in [0.05, 0.1) is 0 Å². The minimum atomic E-state index is -0.924. The Bertz CT molecular complexity index is 251. The zero-order valence-corrected chi connectivity index (χ0v) is 10.0. The molecule has 5 heteroatoms. The van der Waals surface area contributed by atoms with Crippen LogP contribution in [-0.4, -0.2) is 23.1 Å². The van der Waals surface area contributed by atoms with Crippen LogP contribution in [0.1, 0.15) is 27.7 Å². The number of hydrogen-bond acceptors (Lipinski definition) is 4. The molecule has 0 saturated heterocycles. The summed E-state index contributed by atoms with van der Waals surface area (Å²) < 4.78 is 0. The van der Waals surface area contributed by atoms with Crippen LogP contribution in [-0.2, 0) is 34.1 Å². The van der Waals surface area contributed by atoms with E-state index in [1.165, 1.54) is 27.7 Å². The first-order chi connectivity index (χ1) is 6.77. The van der Waals surface area contributed by atoms with Gasteiger partial charge >= 0.3 is 94.6 Å². The second-order valence-corrected chi connectivity index (χ2v) is 4.58. The molecule has 0 saturated carbocycles. The van der Waals surface area contributed by atoms with E-state index in [4.69, 9.17) is 0 Å². The summed E-state index contributed by atoms with van der Waals surface area (Å²) in [6.45, 7) is 5.09. The van der Waals surface area contributed by atoms with Crippen molar-refractivity contribution in [2.75, 3.05) is 0 Å². The molecule has 0 aromatic rings. The quantitative estimate of drug-likeness (QED) is 0.528. The van der Waals surface area contributed by atoms with Gasteiger partial charge in [0.1, 0.15) is 0 Å². The molecule has 0 bridgehead atoms. The summed E-state index contributed by atoms with van der Waals surface area (Å²) in [6.07, 6.45) is 0. The summed E-state index contributed by atoms with van der Waals surface area (Å²) in [6, 6.07) is 0. The van der Waals surface area contributed by atoms with Crippen molar-refractivity contribution in [1.29, 1.82) is 0 Å². The van der Waals surface area contributed by atoms with Crippen LogP contribution < -0.4 is 0 Å². The molecular formula is C10H14CuO4. The first kappa shape index (κ1) is 14.2. The van der Waals surface area contributed by atoms with Gasteiger partial charge in [-0.3, -0.25) is 0 Å². The van der Waals surface area contributed by atoms with Gasteiger partial charge in [-0.05, 0) is 0 Å². The van der Waals surface area contributed by atoms with Crippen LogP contribution in [0.3, 0.4) is 0 Å². The molecule has 0 unspecified atom stereocenters. The molecule has 0 fully saturated rings. The molecule has 0 amide bonds. The van der Waals surface area contributed by atoms with E-state index in [1.807, 2.05) is 0 Å². The van der Waals surface area contributed by atoms with Crippen molar-refractivity contribution in [2.45, 2.75) is 37.3 Å². The van der Waals surface area contributed by atoms with E-state index >= 15 is 0 Å². The Kier molecular flexibility index (Phi) is 5.61. The third-order valence-corrected chi connectivity index (χ3v) is 3.66. The summed E-state index contributed by atoms with van der Waals surface area (Å²) >= 11 is 0.926. The number of rotatable bonds is 6. The van der Waals surface area contributed by atoms with Gasteiger partial charge in [0.25, 0.3) is 0 Å². The Morgan fingerprint density at radius 1 is 0.667 bits per heavy atom. The van der Waals surface area contributed by atoms with E-state index in [1.54, 1.807) is 0 Å². The Balaban J connectivity index is 4.77. The van der Waals surface area contributed by atoms with Crippen molar-refractivity contribution in [3.8, 4) is 0 Å². The number of carbonyl (C=O) groups excluding carboxylic acids is 4. The average Bonchev–Trinajstić information content (AvgIpc) is 2.01. The standard InChI is InChI=1S/2C5H7O2.Cu/c2*1-4(6)3-5(2)7;/h2*3H,1-2H3;.